The van der Waals surface area contributed by atoms with E-state index in [9.17, 15) is 9.59 Å². The van der Waals surface area contributed by atoms with E-state index in [1.807, 2.05) is 13.8 Å². The van der Waals surface area contributed by atoms with Crippen LogP contribution in [0.5, 0.6) is 0 Å². The Morgan fingerprint density at radius 3 is 2.82 bits per heavy atom. The van der Waals surface area contributed by atoms with Crippen molar-refractivity contribution >= 4 is 12.2 Å². The van der Waals surface area contributed by atoms with Crippen molar-refractivity contribution in [2.75, 3.05) is 19.6 Å². The minimum absolute atomic E-state index is 0.0587. The van der Waals surface area contributed by atoms with Gasteiger partial charge in [0.2, 0.25) is 5.91 Å². The summed E-state index contributed by atoms with van der Waals surface area (Å²) in [6.07, 6.45) is 3.89. The Hall–Kier alpha value is -0.900. The van der Waals surface area contributed by atoms with Gasteiger partial charge >= 0.3 is 0 Å². The number of nitrogens with zero attached hydrogens (tertiary/aromatic N) is 1. The van der Waals surface area contributed by atoms with Gasteiger partial charge in [0.05, 0.1) is 6.54 Å². The fraction of sp³-hybridized carbons (Fsp3) is 0.846. The third-order valence-corrected chi connectivity index (χ3v) is 3.46. The van der Waals surface area contributed by atoms with Crippen LogP contribution in [0.15, 0.2) is 0 Å². The van der Waals surface area contributed by atoms with E-state index in [0.29, 0.717) is 6.54 Å². The number of aldehydes is 1. The summed E-state index contributed by atoms with van der Waals surface area (Å²) in [7, 11) is 0. The lowest BCUT2D eigenvalue weighted by Gasteiger charge is -2.31. The fourth-order valence-electron chi connectivity index (χ4n) is 2.05. The summed E-state index contributed by atoms with van der Waals surface area (Å²) in [5, 5.41) is 3.02. The van der Waals surface area contributed by atoms with Crippen LogP contribution in [0, 0.1) is 5.92 Å². The van der Waals surface area contributed by atoms with Crippen LogP contribution in [0.25, 0.3) is 0 Å². The average Bonchev–Trinajstić information content (AvgIpc) is 2.28. The summed E-state index contributed by atoms with van der Waals surface area (Å²) in [6.45, 7) is 8.16. The first-order valence-electron chi connectivity index (χ1n) is 6.45. The van der Waals surface area contributed by atoms with Gasteiger partial charge in [-0.25, -0.2) is 0 Å². The number of amides is 1. The Kier molecular flexibility index (Phi) is 5.12. The lowest BCUT2D eigenvalue weighted by atomic mass is 9.99. The van der Waals surface area contributed by atoms with Gasteiger partial charge in [0.1, 0.15) is 6.29 Å². The summed E-state index contributed by atoms with van der Waals surface area (Å²) < 4.78 is 0. The fourth-order valence-corrected chi connectivity index (χ4v) is 2.05. The molecular weight excluding hydrogens is 216 g/mol. The second kappa shape index (κ2) is 6.15. The maximum atomic E-state index is 11.8. The molecular formula is C13H24N2O2. The molecule has 4 nitrogen and oxygen atoms in total. The van der Waals surface area contributed by atoms with Gasteiger partial charge in [0.25, 0.3) is 0 Å². The molecule has 0 aromatic carbocycles. The molecule has 1 unspecified atom stereocenters. The molecule has 1 amide bonds. The summed E-state index contributed by atoms with van der Waals surface area (Å²) in [5.41, 5.74) is -0.142. The number of carbonyl (C=O) groups excluding carboxylic acids is 2. The highest BCUT2D eigenvalue weighted by molar-refractivity contribution is 5.78. The summed E-state index contributed by atoms with van der Waals surface area (Å²) in [6, 6.07) is 0. The van der Waals surface area contributed by atoms with Crippen molar-refractivity contribution in [3.05, 3.63) is 0 Å². The van der Waals surface area contributed by atoms with Crippen LogP contribution in [0.2, 0.25) is 0 Å². The Morgan fingerprint density at radius 1 is 1.53 bits per heavy atom. The standard InChI is InChI=1S/C13H24N2O2/c1-4-13(2,3)14-12(17)9-15-7-5-6-11(8-15)10-16/h10-11H,4-9H2,1-3H3,(H,14,17). The maximum Gasteiger partial charge on any atom is 0.234 e. The van der Waals surface area contributed by atoms with Crippen LogP contribution in [0.3, 0.4) is 0 Å². The first kappa shape index (κ1) is 14.2. The van der Waals surface area contributed by atoms with E-state index in [0.717, 1.165) is 38.6 Å². The van der Waals surface area contributed by atoms with Crippen molar-refractivity contribution in [3.8, 4) is 0 Å². The van der Waals surface area contributed by atoms with Crippen molar-refractivity contribution in [2.24, 2.45) is 5.92 Å². The molecule has 0 spiro atoms. The highest BCUT2D eigenvalue weighted by Gasteiger charge is 2.23. The van der Waals surface area contributed by atoms with Gasteiger partial charge in [0.15, 0.2) is 0 Å². The van der Waals surface area contributed by atoms with Crippen LogP contribution in [0.4, 0.5) is 0 Å². The van der Waals surface area contributed by atoms with E-state index < -0.39 is 0 Å². The molecule has 0 saturated carbocycles. The monoisotopic (exact) mass is 240 g/mol. The first-order valence-corrected chi connectivity index (χ1v) is 6.45. The molecule has 0 radical (unpaired) electrons. The minimum atomic E-state index is -0.142. The summed E-state index contributed by atoms with van der Waals surface area (Å²) in [5.74, 6) is 0.166. The van der Waals surface area contributed by atoms with E-state index in [4.69, 9.17) is 0 Å². The summed E-state index contributed by atoms with van der Waals surface area (Å²) >= 11 is 0. The number of hydrogen-bond donors (Lipinski definition) is 1. The molecule has 98 valence electrons. The molecule has 0 aromatic rings. The molecule has 1 atom stereocenters. The molecule has 17 heavy (non-hydrogen) atoms. The van der Waals surface area contributed by atoms with Gasteiger partial charge in [-0.3, -0.25) is 9.69 Å². The molecule has 4 heteroatoms. The zero-order valence-electron chi connectivity index (χ0n) is 11.2. The Labute approximate surface area is 104 Å². The lowest BCUT2D eigenvalue weighted by Crippen LogP contribution is -2.49. The van der Waals surface area contributed by atoms with Crippen LogP contribution in [-0.4, -0.2) is 42.3 Å². The molecule has 1 N–H and O–H groups in total. The zero-order valence-corrected chi connectivity index (χ0v) is 11.2. The normalized spacial score (nSPS) is 22.2. The third kappa shape index (κ3) is 4.86. The number of hydrogen-bond acceptors (Lipinski definition) is 3. The Balaban J connectivity index is 2.38. The molecule has 1 fully saturated rings. The van der Waals surface area contributed by atoms with Gasteiger partial charge in [-0.1, -0.05) is 6.92 Å². The molecule has 1 rings (SSSR count). The van der Waals surface area contributed by atoms with Gasteiger partial charge < -0.3 is 10.1 Å². The quantitative estimate of drug-likeness (QED) is 0.735. The van der Waals surface area contributed by atoms with E-state index in [-0.39, 0.29) is 17.4 Å². The first-order chi connectivity index (χ1) is 7.96. The maximum absolute atomic E-state index is 11.8. The van der Waals surface area contributed by atoms with E-state index in [1.165, 1.54) is 0 Å². The SMILES string of the molecule is CCC(C)(C)NC(=O)CN1CCCC(C=O)C1. The molecule has 1 aliphatic rings. The number of piperidine rings is 1. The van der Waals surface area contributed by atoms with Crippen LogP contribution in [-0.2, 0) is 9.59 Å². The predicted molar refractivity (Wildman–Crippen MR) is 67.7 cm³/mol. The molecule has 0 aromatic heterocycles. The third-order valence-electron chi connectivity index (χ3n) is 3.46. The number of carbonyl (C=O) groups is 2. The molecule has 0 aliphatic carbocycles. The molecule has 1 aliphatic heterocycles. The van der Waals surface area contributed by atoms with Crippen LogP contribution < -0.4 is 5.32 Å². The van der Waals surface area contributed by atoms with E-state index >= 15 is 0 Å². The van der Waals surface area contributed by atoms with Gasteiger partial charge in [-0.15, -0.1) is 0 Å². The van der Waals surface area contributed by atoms with Crippen molar-refractivity contribution in [2.45, 2.75) is 45.6 Å². The number of likely N-dealkylation sites (tertiary alicyclic amines) is 1. The number of rotatable bonds is 5. The Morgan fingerprint density at radius 2 is 2.24 bits per heavy atom. The second-order valence-corrected chi connectivity index (χ2v) is 5.56. The van der Waals surface area contributed by atoms with Crippen LogP contribution in [0.1, 0.15) is 40.0 Å². The lowest BCUT2D eigenvalue weighted by molar-refractivity contribution is -0.125. The molecule has 1 saturated heterocycles. The second-order valence-electron chi connectivity index (χ2n) is 5.56. The smallest absolute Gasteiger partial charge is 0.234 e. The highest BCUT2D eigenvalue weighted by Crippen LogP contribution is 2.14. The van der Waals surface area contributed by atoms with Gasteiger partial charge in [0, 0.05) is 18.0 Å². The van der Waals surface area contributed by atoms with E-state index in [2.05, 4.69) is 17.1 Å². The van der Waals surface area contributed by atoms with Gasteiger partial charge in [-0.2, -0.15) is 0 Å². The van der Waals surface area contributed by atoms with Crippen molar-refractivity contribution in [1.82, 2.24) is 10.2 Å². The van der Waals surface area contributed by atoms with Crippen LogP contribution >= 0.6 is 0 Å². The predicted octanol–water partition coefficient (Wildman–Crippen LogP) is 1.20. The molecule has 1 heterocycles. The zero-order chi connectivity index (χ0) is 12.9. The minimum Gasteiger partial charge on any atom is -0.350 e. The van der Waals surface area contributed by atoms with Gasteiger partial charge in [-0.05, 0) is 39.7 Å². The molecule has 0 bridgehead atoms. The van der Waals surface area contributed by atoms with Crippen molar-refractivity contribution in [1.29, 1.82) is 0 Å². The Bertz CT molecular complexity index is 277. The number of nitrogens with one attached hydrogen (secondary N) is 1. The van der Waals surface area contributed by atoms with E-state index in [1.54, 1.807) is 0 Å². The summed E-state index contributed by atoms with van der Waals surface area (Å²) in [4.78, 5) is 24.7. The van der Waals surface area contributed by atoms with Crippen molar-refractivity contribution < 1.29 is 9.59 Å². The topological polar surface area (TPSA) is 49.4 Å². The average molecular weight is 240 g/mol. The van der Waals surface area contributed by atoms with Crippen molar-refractivity contribution in [3.63, 3.8) is 0 Å². The highest BCUT2D eigenvalue weighted by atomic mass is 16.2. The largest absolute Gasteiger partial charge is 0.350 e.